The Morgan fingerprint density at radius 1 is 1.10 bits per heavy atom. The average Bonchev–Trinajstić information content (AvgIpc) is 2.73. The summed E-state index contributed by atoms with van der Waals surface area (Å²) in [6.45, 7) is 6.12. The Balaban J connectivity index is 2.10. The van der Waals surface area contributed by atoms with Crippen molar-refractivity contribution in [3.63, 3.8) is 0 Å². The zero-order chi connectivity index (χ0) is 21.0. The monoisotopic (exact) mass is 413 g/mol. The van der Waals surface area contributed by atoms with E-state index in [1.165, 1.54) is 30.4 Å². The minimum Gasteiger partial charge on any atom is -0.264 e. The summed E-state index contributed by atoms with van der Waals surface area (Å²) in [5.41, 5.74) is 5.64. The van der Waals surface area contributed by atoms with Gasteiger partial charge in [-0.2, -0.15) is 0 Å². The normalized spacial score (nSPS) is 17.1. The first-order valence-corrected chi connectivity index (χ1v) is 11.4. The summed E-state index contributed by atoms with van der Waals surface area (Å²) in [5, 5.41) is 12.8. The fraction of sp³-hybridized carbons (Fsp3) is 0.520. The number of hydrogen-bond donors (Lipinski definition) is 0. The van der Waals surface area contributed by atoms with Gasteiger partial charge < -0.3 is 0 Å². The summed E-state index contributed by atoms with van der Waals surface area (Å²) in [6, 6.07) is 11.9. The van der Waals surface area contributed by atoms with E-state index in [4.69, 9.17) is 11.6 Å². The molecule has 1 fully saturated rings. The summed E-state index contributed by atoms with van der Waals surface area (Å²) in [4.78, 5) is 11.9. The second-order valence-electron chi connectivity index (χ2n) is 8.40. The third-order valence-electron chi connectivity index (χ3n) is 6.58. The average molecular weight is 414 g/mol. The molecule has 0 heterocycles. The van der Waals surface area contributed by atoms with Crippen LogP contribution >= 0.6 is 11.6 Å². The third kappa shape index (κ3) is 4.83. The molecule has 2 aromatic rings. The SMILES string of the molecule is CCc1ccc(C(c2ccc(Cl)c(C3CCCCC3)c2)C(CC)[N+](=O)[O-])c(C)c1. The van der Waals surface area contributed by atoms with Crippen molar-refractivity contribution in [3.05, 3.63) is 79.4 Å². The van der Waals surface area contributed by atoms with Crippen LogP contribution in [0, 0.1) is 17.0 Å². The standard InChI is InChI=1S/C25H32ClNO2/c1-4-18-11-13-21(17(3)15-18)25(24(5-2)27(28)29)20-12-14-23(26)22(16-20)19-9-7-6-8-10-19/h11-16,19,24-25H,4-10H2,1-3H3. The topological polar surface area (TPSA) is 43.1 Å². The van der Waals surface area contributed by atoms with Crippen LogP contribution in [0.2, 0.25) is 5.02 Å². The molecule has 0 aliphatic heterocycles. The Morgan fingerprint density at radius 3 is 2.41 bits per heavy atom. The fourth-order valence-electron chi connectivity index (χ4n) is 4.90. The molecule has 2 aromatic carbocycles. The van der Waals surface area contributed by atoms with Crippen molar-refractivity contribution in [3.8, 4) is 0 Å². The van der Waals surface area contributed by atoms with E-state index in [2.05, 4.69) is 38.1 Å². The van der Waals surface area contributed by atoms with E-state index in [-0.39, 0.29) is 10.8 Å². The van der Waals surface area contributed by atoms with E-state index in [0.29, 0.717) is 12.3 Å². The Kier molecular flexibility index (Phi) is 7.34. The lowest BCUT2D eigenvalue weighted by atomic mass is 9.78. The highest BCUT2D eigenvalue weighted by molar-refractivity contribution is 6.31. The Morgan fingerprint density at radius 2 is 1.83 bits per heavy atom. The number of nitro groups is 1. The molecule has 2 atom stereocenters. The number of rotatable bonds is 7. The predicted molar refractivity (Wildman–Crippen MR) is 121 cm³/mol. The van der Waals surface area contributed by atoms with Crippen molar-refractivity contribution in [2.45, 2.75) is 83.6 Å². The second kappa shape index (κ2) is 9.75. The summed E-state index contributed by atoms with van der Waals surface area (Å²) in [5.74, 6) is 0.205. The third-order valence-corrected chi connectivity index (χ3v) is 6.92. The molecule has 156 valence electrons. The molecule has 0 bridgehead atoms. The molecule has 0 aromatic heterocycles. The van der Waals surface area contributed by atoms with E-state index in [0.717, 1.165) is 41.0 Å². The van der Waals surface area contributed by atoms with Gasteiger partial charge in [0.2, 0.25) is 6.04 Å². The van der Waals surface area contributed by atoms with Crippen LogP contribution in [0.3, 0.4) is 0 Å². The first-order valence-electron chi connectivity index (χ1n) is 11.0. The van der Waals surface area contributed by atoms with Crippen LogP contribution < -0.4 is 0 Å². The van der Waals surface area contributed by atoms with Gasteiger partial charge in [0.05, 0.1) is 5.92 Å². The number of halogens is 1. The van der Waals surface area contributed by atoms with Crippen molar-refractivity contribution in [1.29, 1.82) is 0 Å². The van der Waals surface area contributed by atoms with Crippen LogP contribution in [-0.4, -0.2) is 11.0 Å². The number of aryl methyl sites for hydroxylation is 2. The first-order chi connectivity index (χ1) is 14.0. The van der Waals surface area contributed by atoms with Gasteiger partial charge in [-0.05, 0) is 66.0 Å². The van der Waals surface area contributed by atoms with E-state index in [1.807, 2.05) is 19.1 Å². The van der Waals surface area contributed by atoms with Crippen LogP contribution in [-0.2, 0) is 6.42 Å². The maximum atomic E-state index is 12.0. The smallest absolute Gasteiger partial charge is 0.223 e. The largest absolute Gasteiger partial charge is 0.264 e. The second-order valence-corrected chi connectivity index (χ2v) is 8.81. The molecular weight excluding hydrogens is 382 g/mol. The quantitative estimate of drug-likeness (QED) is 0.349. The number of nitrogens with zero attached hydrogens (tertiary/aromatic N) is 1. The van der Waals surface area contributed by atoms with Crippen molar-refractivity contribution in [2.24, 2.45) is 0 Å². The summed E-state index contributed by atoms with van der Waals surface area (Å²) >= 11 is 6.59. The van der Waals surface area contributed by atoms with Gasteiger partial charge >= 0.3 is 0 Å². The molecule has 2 unspecified atom stereocenters. The molecule has 0 N–H and O–H groups in total. The van der Waals surface area contributed by atoms with Crippen LogP contribution in [0.5, 0.6) is 0 Å². The summed E-state index contributed by atoms with van der Waals surface area (Å²) < 4.78 is 0. The Hall–Kier alpha value is -1.87. The molecule has 29 heavy (non-hydrogen) atoms. The molecule has 0 radical (unpaired) electrons. The van der Waals surface area contributed by atoms with Crippen LogP contribution in [0.25, 0.3) is 0 Å². The molecule has 1 aliphatic carbocycles. The molecule has 1 aliphatic rings. The molecule has 1 saturated carbocycles. The molecule has 0 amide bonds. The highest BCUT2D eigenvalue weighted by atomic mass is 35.5. The number of hydrogen-bond acceptors (Lipinski definition) is 2. The Bertz CT molecular complexity index is 858. The van der Waals surface area contributed by atoms with Crippen molar-refractivity contribution in [1.82, 2.24) is 0 Å². The minimum absolute atomic E-state index is 0.104. The molecular formula is C25H32ClNO2. The van der Waals surface area contributed by atoms with E-state index in [9.17, 15) is 10.1 Å². The lowest BCUT2D eigenvalue weighted by molar-refractivity contribution is -0.525. The van der Waals surface area contributed by atoms with Gasteiger partial charge in [-0.15, -0.1) is 0 Å². The lowest BCUT2D eigenvalue weighted by Gasteiger charge is -2.27. The highest BCUT2D eigenvalue weighted by Crippen LogP contribution is 2.40. The lowest BCUT2D eigenvalue weighted by Crippen LogP contribution is -2.28. The van der Waals surface area contributed by atoms with Gasteiger partial charge in [0.15, 0.2) is 0 Å². The zero-order valence-corrected chi connectivity index (χ0v) is 18.5. The van der Waals surface area contributed by atoms with Crippen LogP contribution in [0.1, 0.15) is 92.0 Å². The maximum Gasteiger partial charge on any atom is 0.223 e. The minimum atomic E-state index is -0.651. The highest BCUT2D eigenvalue weighted by Gasteiger charge is 2.34. The summed E-state index contributed by atoms with van der Waals surface area (Å²) in [7, 11) is 0. The molecule has 0 saturated heterocycles. The van der Waals surface area contributed by atoms with Gasteiger partial charge in [0.1, 0.15) is 0 Å². The molecule has 0 spiro atoms. The van der Waals surface area contributed by atoms with Gasteiger partial charge in [-0.3, -0.25) is 10.1 Å². The van der Waals surface area contributed by atoms with Gasteiger partial charge in [0, 0.05) is 16.4 Å². The molecule has 3 nitrogen and oxygen atoms in total. The van der Waals surface area contributed by atoms with Crippen molar-refractivity contribution < 1.29 is 4.92 Å². The van der Waals surface area contributed by atoms with Crippen molar-refractivity contribution in [2.75, 3.05) is 0 Å². The van der Waals surface area contributed by atoms with Gasteiger partial charge in [0.25, 0.3) is 0 Å². The van der Waals surface area contributed by atoms with Crippen LogP contribution in [0.4, 0.5) is 0 Å². The molecule has 4 heteroatoms. The number of benzene rings is 2. The fourth-order valence-corrected chi connectivity index (χ4v) is 5.18. The maximum absolute atomic E-state index is 12.0. The first kappa shape index (κ1) is 21.8. The van der Waals surface area contributed by atoms with Crippen LogP contribution in [0.15, 0.2) is 36.4 Å². The van der Waals surface area contributed by atoms with E-state index < -0.39 is 6.04 Å². The van der Waals surface area contributed by atoms with Crippen molar-refractivity contribution >= 4 is 11.6 Å². The van der Waals surface area contributed by atoms with E-state index in [1.54, 1.807) is 0 Å². The van der Waals surface area contributed by atoms with Gasteiger partial charge in [-0.25, -0.2) is 0 Å². The summed E-state index contributed by atoms with van der Waals surface area (Å²) in [6.07, 6.45) is 7.53. The zero-order valence-electron chi connectivity index (χ0n) is 17.8. The Labute approximate surface area is 179 Å². The predicted octanol–water partition coefficient (Wildman–Crippen LogP) is 7.45. The van der Waals surface area contributed by atoms with E-state index >= 15 is 0 Å². The molecule has 3 rings (SSSR count). The van der Waals surface area contributed by atoms with Gasteiger partial charge in [-0.1, -0.05) is 75.0 Å².